The molecule has 4 nitrogen and oxygen atoms in total. The number of hydrogen-bond donors (Lipinski definition) is 0. The minimum Gasteiger partial charge on any atom is -1.00 e. The lowest BCUT2D eigenvalue weighted by atomic mass is 10.1. The molecule has 0 unspecified atom stereocenters. The van der Waals surface area contributed by atoms with Gasteiger partial charge in [-0.2, -0.15) is 0 Å². The van der Waals surface area contributed by atoms with E-state index < -0.39 is 0 Å². The Morgan fingerprint density at radius 1 is 0.909 bits per heavy atom. The molecule has 1 aromatic carbocycles. The predicted molar refractivity (Wildman–Crippen MR) is 82.6 cm³/mol. The van der Waals surface area contributed by atoms with Crippen molar-refractivity contribution in [1.82, 2.24) is 0 Å². The van der Waals surface area contributed by atoms with E-state index in [1.807, 2.05) is 48.2 Å². The number of halogens is 1. The van der Waals surface area contributed by atoms with Gasteiger partial charge in [0.1, 0.15) is 7.05 Å². The molecule has 0 aliphatic rings. The lowest BCUT2D eigenvalue weighted by Crippen LogP contribution is -3.00. The summed E-state index contributed by atoms with van der Waals surface area (Å²) in [5, 5.41) is 0. The Kier molecular flexibility index (Phi) is 7.17. The predicted octanol–water partition coefficient (Wildman–Crippen LogP) is -0.289. The molecule has 0 radical (unpaired) electrons. The van der Waals surface area contributed by atoms with E-state index in [2.05, 4.69) is 12.3 Å². The maximum Gasteiger partial charge on any atom is 0.203 e. The normalized spacial score (nSPS) is 10.2. The van der Waals surface area contributed by atoms with Crippen LogP contribution in [0.5, 0.6) is 17.2 Å². The van der Waals surface area contributed by atoms with Crippen LogP contribution in [0.25, 0.3) is 12.2 Å². The first kappa shape index (κ1) is 18.3. The molecular weight excluding hydrogens is 393 g/mol. The number of rotatable bonds is 5. The van der Waals surface area contributed by atoms with Gasteiger partial charge in [-0.05, 0) is 29.8 Å². The summed E-state index contributed by atoms with van der Waals surface area (Å²) in [7, 11) is 6.82. The minimum absolute atomic E-state index is 0. The lowest BCUT2D eigenvalue weighted by Gasteiger charge is -2.12. The fourth-order valence-corrected chi connectivity index (χ4v) is 2.10. The van der Waals surface area contributed by atoms with Crippen LogP contribution in [0, 0.1) is 0 Å². The smallest absolute Gasteiger partial charge is 0.203 e. The number of methoxy groups -OCH3 is 3. The van der Waals surface area contributed by atoms with Crippen LogP contribution in [0.1, 0.15) is 11.1 Å². The molecule has 0 saturated heterocycles. The summed E-state index contributed by atoms with van der Waals surface area (Å²) in [6, 6.07) is 7.89. The van der Waals surface area contributed by atoms with E-state index in [-0.39, 0.29) is 24.0 Å². The van der Waals surface area contributed by atoms with Gasteiger partial charge in [0.25, 0.3) is 0 Å². The molecule has 0 N–H and O–H groups in total. The molecule has 0 fully saturated rings. The summed E-state index contributed by atoms with van der Waals surface area (Å²) in [5.41, 5.74) is 2.10. The number of aromatic nitrogens is 1. The van der Waals surface area contributed by atoms with E-state index in [1.165, 1.54) is 0 Å². The van der Waals surface area contributed by atoms with Crippen LogP contribution >= 0.6 is 0 Å². The third-order valence-corrected chi connectivity index (χ3v) is 3.12. The van der Waals surface area contributed by atoms with Crippen LogP contribution in [0.2, 0.25) is 0 Å². The number of ether oxygens (including phenoxy) is 3. The molecule has 118 valence electrons. The number of pyridine rings is 1. The van der Waals surface area contributed by atoms with E-state index in [9.17, 15) is 0 Å². The fraction of sp³-hybridized carbons (Fsp3) is 0.235. The number of aryl methyl sites for hydroxylation is 1. The van der Waals surface area contributed by atoms with Gasteiger partial charge in [0.15, 0.2) is 23.9 Å². The van der Waals surface area contributed by atoms with Crippen molar-refractivity contribution in [1.29, 1.82) is 0 Å². The molecule has 5 heteroatoms. The Balaban J connectivity index is 0.00000242. The van der Waals surface area contributed by atoms with Crippen molar-refractivity contribution >= 4 is 12.2 Å². The van der Waals surface area contributed by atoms with Crippen LogP contribution in [-0.2, 0) is 7.05 Å². The van der Waals surface area contributed by atoms with Gasteiger partial charge < -0.3 is 38.2 Å². The van der Waals surface area contributed by atoms with Gasteiger partial charge in [0.05, 0.1) is 21.3 Å². The molecule has 0 bridgehead atoms. The highest BCUT2D eigenvalue weighted by Gasteiger charge is 2.11. The van der Waals surface area contributed by atoms with E-state index in [1.54, 1.807) is 21.3 Å². The first-order valence-electron chi connectivity index (χ1n) is 6.61. The molecule has 1 heterocycles. The van der Waals surface area contributed by atoms with Crippen molar-refractivity contribution in [3.8, 4) is 17.2 Å². The average Bonchev–Trinajstić information content (AvgIpc) is 2.51. The number of hydrogen-bond acceptors (Lipinski definition) is 3. The lowest BCUT2D eigenvalue weighted by molar-refractivity contribution is -0.671. The summed E-state index contributed by atoms with van der Waals surface area (Å²) in [5.74, 6) is 1.90. The molecule has 2 rings (SSSR count). The van der Waals surface area contributed by atoms with E-state index >= 15 is 0 Å². The summed E-state index contributed by atoms with van der Waals surface area (Å²) in [4.78, 5) is 0. The highest BCUT2D eigenvalue weighted by atomic mass is 127. The topological polar surface area (TPSA) is 31.6 Å². The van der Waals surface area contributed by atoms with Crippen LogP contribution < -0.4 is 42.8 Å². The molecule has 0 aliphatic heterocycles. The second-order valence-corrected chi connectivity index (χ2v) is 4.59. The van der Waals surface area contributed by atoms with Gasteiger partial charge in [0, 0.05) is 11.6 Å². The van der Waals surface area contributed by atoms with Crippen molar-refractivity contribution in [3.05, 3.63) is 47.8 Å². The second-order valence-electron chi connectivity index (χ2n) is 4.59. The Labute approximate surface area is 148 Å². The van der Waals surface area contributed by atoms with Crippen molar-refractivity contribution < 1.29 is 42.8 Å². The Hall–Kier alpha value is -1.76. The SMILES string of the molecule is COc1cc(/C=C/c2ccc[n+](C)c2)cc(OC)c1OC.[I-]. The molecule has 2 aromatic rings. The maximum absolute atomic E-state index is 5.35. The second kappa shape index (κ2) is 8.63. The van der Waals surface area contributed by atoms with E-state index in [4.69, 9.17) is 14.2 Å². The zero-order valence-corrected chi connectivity index (χ0v) is 15.3. The molecule has 1 aromatic heterocycles. The van der Waals surface area contributed by atoms with Crippen molar-refractivity contribution in [2.45, 2.75) is 0 Å². The van der Waals surface area contributed by atoms with Crippen LogP contribution in [-0.4, -0.2) is 21.3 Å². The number of nitrogens with zero attached hydrogens (tertiary/aromatic N) is 1. The molecule has 22 heavy (non-hydrogen) atoms. The minimum atomic E-state index is 0. The fourth-order valence-electron chi connectivity index (χ4n) is 2.10. The first-order valence-corrected chi connectivity index (χ1v) is 6.61. The van der Waals surface area contributed by atoms with Gasteiger partial charge >= 0.3 is 0 Å². The van der Waals surface area contributed by atoms with Gasteiger partial charge in [-0.1, -0.05) is 6.08 Å². The Bertz CT molecular complexity index is 631. The van der Waals surface area contributed by atoms with Crippen molar-refractivity contribution in [2.75, 3.05) is 21.3 Å². The molecule has 0 aliphatic carbocycles. The van der Waals surface area contributed by atoms with Crippen LogP contribution in [0.3, 0.4) is 0 Å². The quantitative estimate of drug-likeness (QED) is 0.499. The molecule has 0 saturated carbocycles. The zero-order chi connectivity index (χ0) is 15.2. The largest absolute Gasteiger partial charge is 1.00 e. The van der Waals surface area contributed by atoms with Crippen molar-refractivity contribution in [2.24, 2.45) is 7.05 Å². The zero-order valence-electron chi connectivity index (χ0n) is 13.2. The van der Waals surface area contributed by atoms with E-state index in [0.717, 1.165) is 11.1 Å². The van der Waals surface area contributed by atoms with Gasteiger partial charge in [0.2, 0.25) is 5.75 Å². The Morgan fingerprint density at radius 3 is 2.00 bits per heavy atom. The highest BCUT2D eigenvalue weighted by molar-refractivity contribution is 5.72. The van der Waals surface area contributed by atoms with Gasteiger partial charge in [-0.25, -0.2) is 4.57 Å². The van der Waals surface area contributed by atoms with Gasteiger partial charge in [-0.15, -0.1) is 0 Å². The summed E-state index contributed by atoms with van der Waals surface area (Å²) < 4.78 is 18.0. The highest BCUT2D eigenvalue weighted by Crippen LogP contribution is 2.38. The summed E-state index contributed by atoms with van der Waals surface area (Å²) in [6.07, 6.45) is 8.10. The third-order valence-electron chi connectivity index (χ3n) is 3.12. The first-order chi connectivity index (χ1) is 10.2. The third kappa shape index (κ3) is 4.37. The van der Waals surface area contributed by atoms with E-state index in [0.29, 0.717) is 17.2 Å². The summed E-state index contributed by atoms with van der Waals surface area (Å²) in [6.45, 7) is 0. The van der Waals surface area contributed by atoms with Crippen LogP contribution in [0.4, 0.5) is 0 Å². The maximum atomic E-state index is 5.35. The molecular formula is C17H20INO3. The van der Waals surface area contributed by atoms with Crippen LogP contribution in [0.15, 0.2) is 36.7 Å². The molecule has 0 atom stereocenters. The molecule has 0 spiro atoms. The Morgan fingerprint density at radius 2 is 1.50 bits per heavy atom. The summed E-state index contributed by atoms with van der Waals surface area (Å²) >= 11 is 0. The monoisotopic (exact) mass is 413 g/mol. The molecule has 0 amide bonds. The van der Waals surface area contributed by atoms with Gasteiger partial charge in [-0.3, -0.25) is 0 Å². The van der Waals surface area contributed by atoms with Crippen molar-refractivity contribution in [3.63, 3.8) is 0 Å². The average molecular weight is 413 g/mol. The number of benzene rings is 1. The standard InChI is InChI=1S/C17H20NO3.HI/c1-18-9-5-6-13(12-18)7-8-14-10-15(19-2)17(21-4)16(11-14)20-3;/h5-12H,1-4H3;1H/q+1;/p-1/b8-7+;.